The van der Waals surface area contributed by atoms with Crippen LogP contribution in [0.25, 0.3) is 104 Å². The summed E-state index contributed by atoms with van der Waals surface area (Å²) < 4.78 is 45.1. The highest BCUT2D eigenvalue weighted by Crippen LogP contribution is 2.43. The minimum absolute atomic E-state index is 0.152. The van der Waals surface area contributed by atoms with Crippen molar-refractivity contribution in [1.29, 1.82) is 0 Å². The van der Waals surface area contributed by atoms with Crippen LogP contribution in [0.4, 0.5) is 0 Å². The first-order chi connectivity index (χ1) is 26.9. The molecule has 0 fully saturated rings. The number of aromatic nitrogens is 4. The highest BCUT2D eigenvalue weighted by molar-refractivity contribution is 7.25. The van der Waals surface area contributed by atoms with Crippen molar-refractivity contribution in [2.45, 2.75) is 0 Å². The monoisotopic (exact) mass is 674 g/mol. The van der Waals surface area contributed by atoms with Gasteiger partial charge in [0.15, 0.2) is 17.5 Å². The third kappa shape index (κ3) is 4.37. The summed E-state index contributed by atoms with van der Waals surface area (Å²) in [6.45, 7) is 0. The van der Waals surface area contributed by atoms with Gasteiger partial charge < -0.3 is 8.98 Å². The second-order valence-corrected chi connectivity index (χ2v) is 13.6. The van der Waals surface area contributed by atoms with E-state index in [0.29, 0.717) is 39.5 Å². The Kier molecular flexibility index (Phi) is 5.25. The minimum Gasteiger partial charge on any atom is -0.456 e. The normalized spacial score (nSPS) is 13.0. The molecule has 5 nitrogen and oxygen atoms in total. The van der Waals surface area contributed by atoms with Gasteiger partial charge in [0.1, 0.15) is 11.2 Å². The van der Waals surface area contributed by atoms with Gasteiger partial charge in [-0.1, -0.05) is 109 Å². The van der Waals surface area contributed by atoms with E-state index in [1.165, 1.54) is 6.07 Å². The van der Waals surface area contributed by atoms with Gasteiger partial charge in [-0.3, -0.25) is 0 Å². The molecule has 0 aliphatic carbocycles. The van der Waals surface area contributed by atoms with Crippen LogP contribution in [-0.4, -0.2) is 19.5 Å². The molecule has 0 bridgehead atoms. The molecule has 4 heterocycles. The van der Waals surface area contributed by atoms with E-state index in [1.807, 2.05) is 72.8 Å². The van der Waals surface area contributed by atoms with Crippen molar-refractivity contribution >= 4 is 75.3 Å². The van der Waals surface area contributed by atoms with Crippen molar-refractivity contribution in [1.82, 2.24) is 19.5 Å². The zero-order valence-electron chi connectivity index (χ0n) is 30.8. The molecular formula is C45H26N4OS. The third-order valence-corrected chi connectivity index (χ3v) is 10.7. The number of hydrogen-bond acceptors (Lipinski definition) is 5. The lowest BCUT2D eigenvalue weighted by atomic mass is 10.1. The van der Waals surface area contributed by atoms with Crippen molar-refractivity contribution in [2.75, 3.05) is 0 Å². The Labute approximate surface area is 301 Å². The predicted octanol–water partition coefficient (Wildman–Crippen LogP) is 12.2. The lowest BCUT2D eigenvalue weighted by Gasteiger charge is -2.09. The van der Waals surface area contributed by atoms with Crippen molar-refractivity contribution in [2.24, 2.45) is 0 Å². The molecule has 0 unspecified atom stereocenters. The molecule has 0 aliphatic rings. The fraction of sp³-hybridized carbons (Fsp3) is 0. The van der Waals surface area contributed by atoms with Gasteiger partial charge in [0, 0.05) is 58.7 Å². The number of thiophene rings is 1. The van der Waals surface area contributed by atoms with E-state index >= 15 is 0 Å². The van der Waals surface area contributed by atoms with Crippen LogP contribution in [0, 0.1) is 0 Å². The van der Waals surface area contributed by atoms with Gasteiger partial charge >= 0.3 is 0 Å². The van der Waals surface area contributed by atoms with Crippen LogP contribution in [0.5, 0.6) is 0 Å². The molecule has 6 heteroatoms. The number of fused-ring (bicyclic) bond motifs is 10. The van der Waals surface area contributed by atoms with E-state index in [0.717, 1.165) is 64.2 Å². The van der Waals surface area contributed by atoms with Gasteiger partial charge in [-0.05, 0) is 48.5 Å². The highest BCUT2D eigenvalue weighted by Gasteiger charge is 2.20. The number of para-hydroxylation sites is 2. The SMILES string of the molecule is [2H]c1cc([2H])c2oc3ccc4c5cc([2H])cc([2H])c5n(-c5ccc6sc7cc(-c8nc(-c9ccccc9)nc(-c9ccccc9)n8)ccc7c6c5)c4c3c2c1. The molecule has 0 spiro atoms. The number of nitrogens with zero attached hydrogens (tertiary/aromatic N) is 4. The maximum Gasteiger partial charge on any atom is 0.164 e. The summed E-state index contributed by atoms with van der Waals surface area (Å²) in [6, 6.07) is 43.9. The second kappa shape index (κ2) is 10.9. The predicted molar refractivity (Wildman–Crippen MR) is 211 cm³/mol. The number of benzene rings is 7. The molecule has 0 atom stereocenters. The molecule has 4 aromatic heterocycles. The maximum absolute atomic E-state index is 9.10. The van der Waals surface area contributed by atoms with Gasteiger partial charge in [0.25, 0.3) is 0 Å². The molecule has 11 aromatic rings. The summed E-state index contributed by atoms with van der Waals surface area (Å²) in [7, 11) is 0. The molecule has 51 heavy (non-hydrogen) atoms. The number of furan rings is 1. The molecule has 0 radical (unpaired) electrons. The van der Waals surface area contributed by atoms with Crippen molar-refractivity contribution in [3.05, 3.63) is 158 Å². The fourth-order valence-corrected chi connectivity index (χ4v) is 8.37. The van der Waals surface area contributed by atoms with Gasteiger partial charge in [-0.15, -0.1) is 11.3 Å². The maximum atomic E-state index is 9.10. The van der Waals surface area contributed by atoms with Crippen LogP contribution < -0.4 is 0 Å². The van der Waals surface area contributed by atoms with Crippen LogP contribution in [-0.2, 0) is 0 Å². The molecule has 0 saturated heterocycles. The molecule has 0 amide bonds. The fourth-order valence-electron chi connectivity index (χ4n) is 7.25. The summed E-state index contributed by atoms with van der Waals surface area (Å²) in [5, 5.41) is 5.27. The zero-order chi connectivity index (χ0) is 36.9. The van der Waals surface area contributed by atoms with Crippen LogP contribution in [0.1, 0.15) is 5.48 Å². The zero-order valence-corrected chi connectivity index (χ0v) is 27.6. The van der Waals surface area contributed by atoms with E-state index in [4.69, 9.17) is 24.9 Å². The van der Waals surface area contributed by atoms with E-state index in [1.54, 1.807) is 29.5 Å². The lowest BCUT2D eigenvalue weighted by Crippen LogP contribution is -1.99. The number of hydrogen-bond donors (Lipinski definition) is 0. The second-order valence-electron chi connectivity index (χ2n) is 12.5. The molecule has 0 saturated carbocycles. The third-order valence-electron chi connectivity index (χ3n) is 9.56. The Morgan fingerprint density at radius 1 is 0.510 bits per heavy atom. The molecule has 0 aliphatic heterocycles. The van der Waals surface area contributed by atoms with Crippen LogP contribution in [0.15, 0.2) is 162 Å². The van der Waals surface area contributed by atoms with E-state index in [9.17, 15) is 0 Å². The molecule has 7 aromatic carbocycles. The van der Waals surface area contributed by atoms with E-state index in [2.05, 4.69) is 41.0 Å². The topological polar surface area (TPSA) is 56.7 Å². The smallest absolute Gasteiger partial charge is 0.164 e. The Balaban J connectivity index is 1.13. The Morgan fingerprint density at radius 3 is 1.96 bits per heavy atom. The summed E-state index contributed by atoms with van der Waals surface area (Å²) >= 11 is 1.70. The first kappa shape index (κ1) is 24.5. The first-order valence-electron chi connectivity index (χ1n) is 18.6. The van der Waals surface area contributed by atoms with Gasteiger partial charge in [-0.2, -0.15) is 0 Å². The van der Waals surface area contributed by atoms with Gasteiger partial charge in [0.05, 0.1) is 21.9 Å². The largest absolute Gasteiger partial charge is 0.456 e. The highest BCUT2D eigenvalue weighted by atomic mass is 32.1. The molecular weight excluding hydrogens is 645 g/mol. The number of rotatable bonds is 4. The van der Waals surface area contributed by atoms with E-state index in [-0.39, 0.29) is 24.2 Å². The Morgan fingerprint density at radius 2 is 1.20 bits per heavy atom. The van der Waals surface area contributed by atoms with Crippen LogP contribution in [0.2, 0.25) is 0 Å². The average molecular weight is 675 g/mol. The quantitative estimate of drug-likeness (QED) is 0.186. The Hall–Kier alpha value is -6.63. The summed E-state index contributed by atoms with van der Waals surface area (Å²) in [5.41, 5.74) is 6.09. The van der Waals surface area contributed by atoms with Crippen LogP contribution in [0.3, 0.4) is 0 Å². The molecule has 11 rings (SSSR count). The Bertz CT molecular complexity index is 3320. The summed E-state index contributed by atoms with van der Waals surface area (Å²) in [6.07, 6.45) is 0. The van der Waals surface area contributed by atoms with Gasteiger partial charge in [0.2, 0.25) is 0 Å². The molecule has 0 N–H and O–H groups in total. The van der Waals surface area contributed by atoms with Crippen molar-refractivity contribution < 1.29 is 9.90 Å². The van der Waals surface area contributed by atoms with E-state index < -0.39 is 0 Å². The average Bonchev–Trinajstić information content (AvgIpc) is 3.87. The van der Waals surface area contributed by atoms with Crippen LogP contribution >= 0.6 is 11.3 Å². The summed E-state index contributed by atoms with van der Waals surface area (Å²) in [5.74, 6) is 1.82. The van der Waals surface area contributed by atoms with Gasteiger partial charge in [-0.25, -0.2) is 15.0 Å². The first-order valence-corrected chi connectivity index (χ1v) is 17.4. The standard InChI is InChI=1S/C45H26N4OS/c1-3-11-27(12-4-1)43-46-44(28-13-5-2-6-14-28)48-45(47-43)29-19-21-32-35-26-30(20-24-39(35)51-40(32)25-29)49-36-17-9-7-15-31(36)33-22-23-38-41(42(33)49)34-16-8-10-18-37(34)50-38/h1-26H/i7D,8D,17D,18D. The summed E-state index contributed by atoms with van der Waals surface area (Å²) in [4.78, 5) is 14.8. The minimum atomic E-state index is 0.152. The lowest BCUT2D eigenvalue weighted by molar-refractivity contribution is 0.669. The molecule has 238 valence electrons. The van der Waals surface area contributed by atoms with Crippen molar-refractivity contribution in [3.8, 4) is 39.9 Å². The van der Waals surface area contributed by atoms with Crippen molar-refractivity contribution in [3.63, 3.8) is 0 Å².